The second-order valence-corrected chi connectivity index (χ2v) is 7.75. The Hall–Kier alpha value is -2.08. The van der Waals surface area contributed by atoms with Crippen LogP contribution in [0.25, 0.3) is 0 Å². The fraction of sp³-hybridized carbons (Fsp3) is 0.579. The molecule has 2 amide bonds. The molecule has 1 aromatic carbocycles. The number of rotatable bonds is 4. The molecule has 0 spiro atoms. The molecule has 2 heterocycles. The van der Waals surface area contributed by atoms with Crippen LogP contribution in [0.3, 0.4) is 0 Å². The van der Waals surface area contributed by atoms with Gasteiger partial charge in [0.1, 0.15) is 0 Å². The zero-order valence-corrected chi connectivity index (χ0v) is 14.9. The number of benzene rings is 1. The fourth-order valence-corrected chi connectivity index (χ4v) is 3.78. The van der Waals surface area contributed by atoms with Crippen molar-refractivity contribution in [1.29, 1.82) is 0 Å². The highest BCUT2D eigenvalue weighted by molar-refractivity contribution is 5.79. The van der Waals surface area contributed by atoms with Crippen LogP contribution in [0.15, 0.2) is 30.3 Å². The number of carboxylic acid groups (broad SMARTS) is 1. The van der Waals surface area contributed by atoms with E-state index >= 15 is 0 Å². The summed E-state index contributed by atoms with van der Waals surface area (Å²) in [4.78, 5) is 27.9. The van der Waals surface area contributed by atoms with E-state index in [1.54, 1.807) is 11.8 Å². The number of carbonyl (C=O) groups excluding carboxylic acids is 1. The lowest BCUT2D eigenvalue weighted by Crippen LogP contribution is -2.47. The van der Waals surface area contributed by atoms with Gasteiger partial charge in [-0.15, -0.1) is 0 Å². The summed E-state index contributed by atoms with van der Waals surface area (Å²) in [6, 6.07) is 10.3. The van der Waals surface area contributed by atoms with E-state index in [0.29, 0.717) is 18.9 Å². The summed E-state index contributed by atoms with van der Waals surface area (Å²) < 4.78 is 0. The lowest BCUT2D eigenvalue weighted by molar-refractivity contribution is -0.147. The van der Waals surface area contributed by atoms with Crippen molar-refractivity contribution in [3.63, 3.8) is 0 Å². The third-order valence-electron chi connectivity index (χ3n) is 5.52. The average Bonchev–Trinajstić information content (AvgIpc) is 3.13. The number of urea groups is 1. The molecule has 3 atom stereocenters. The molecule has 2 saturated heterocycles. The summed E-state index contributed by atoms with van der Waals surface area (Å²) >= 11 is 0. The van der Waals surface area contributed by atoms with E-state index in [1.165, 1.54) is 5.56 Å². The quantitative estimate of drug-likeness (QED) is 0.876. The van der Waals surface area contributed by atoms with E-state index in [-0.39, 0.29) is 18.6 Å². The number of nitrogens with zero attached hydrogens (tertiary/aromatic N) is 2. The lowest BCUT2D eigenvalue weighted by Gasteiger charge is -2.24. The topological polar surface area (TPSA) is 72.9 Å². The first-order valence-corrected chi connectivity index (χ1v) is 8.92. The smallest absolute Gasteiger partial charge is 0.317 e. The third-order valence-corrected chi connectivity index (χ3v) is 5.52. The molecule has 0 bridgehead atoms. The first-order chi connectivity index (χ1) is 11.9. The second-order valence-electron chi connectivity index (χ2n) is 7.75. The van der Waals surface area contributed by atoms with Crippen LogP contribution < -0.4 is 5.32 Å². The number of nitrogens with one attached hydrogen (secondary N) is 1. The molecular weight excluding hydrogens is 318 g/mol. The molecule has 25 heavy (non-hydrogen) atoms. The van der Waals surface area contributed by atoms with Gasteiger partial charge in [0.15, 0.2) is 0 Å². The number of carboxylic acids is 1. The highest BCUT2D eigenvalue weighted by atomic mass is 16.4. The standard InChI is InChI=1S/C19H27N3O3/c1-14-10-21(11-15-6-4-3-5-7-15)12-16(14)20-18(25)22-9-8-19(2,13-22)17(23)24/h3-7,14,16H,8-13H2,1-2H3,(H,20,25)(H,23,24). The molecule has 0 aromatic heterocycles. The Labute approximate surface area is 148 Å². The molecule has 6 heteroatoms. The van der Waals surface area contributed by atoms with E-state index in [0.717, 1.165) is 19.6 Å². The van der Waals surface area contributed by atoms with Gasteiger partial charge in [0, 0.05) is 38.8 Å². The van der Waals surface area contributed by atoms with Crippen molar-refractivity contribution < 1.29 is 14.7 Å². The van der Waals surface area contributed by atoms with Crippen LogP contribution in [-0.2, 0) is 11.3 Å². The highest BCUT2D eigenvalue weighted by Crippen LogP contribution is 2.30. The molecule has 3 rings (SSSR count). The number of hydrogen-bond donors (Lipinski definition) is 2. The molecule has 136 valence electrons. The molecule has 2 aliphatic rings. The van der Waals surface area contributed by atoms with Crippen LogP contribution in [0.1, 0.15) is 25.8 Å². The monoisotopic (exact) mass is 345 g/mol. The first-order valence-electron chi connectivity index (χ1n) is 8.92. The minimum Gasteiger partial charge on any atom is -0.481 e. The number of amides is 2. The van der Waals surface area contributed by atoms with Gasteiger partial charge in [-0.25, -0.2) is 4.79 Å². The largest absolute Gasteiger partial charge is 0.481 e. The lowest BCUT2D eigenvalue weighted by atomic mass is 9.90. The molecular formula is C19H27N3O3. The van der Waals surface area contributed by atoms with Gasteiger partial charge < -0.3 is 15.3 Å². The van der Waals surface area contributed by atoms with Crippen LogP contribution in [-0.4, -0.2) is 59.1 Å². The van der Waals surface area contributed by atoms with Crippen molar-refractivity contribution in [2.45, 2.75) is 32.9 Å². The number of aliphatic carboxylic acids is 1. The minimum atomic E-state index is -0.828. The maximum Gasteiger partial charge on any atom is 0.317 e. The molecule has 0 aliphatic carbocycles. The highest BCUT2D eigenvalue weighted by Gasteiger charge is 2.43. The Kier molecular flexibility index (Phi) is 4.99. The molecule has 0 saturated carbocycles. The van der Waals surface area contributed by atoms with Crippen LogP contribution in [0.5, 0.6) is 0 Å². The predicted octanol–water partition coefficient (Wildman–Crippen LogP) is 2.01. The molecule has 1 aromatic rings. The SMILES string of the molecule is CC1CN(Cc2ccccc2)CC1NC(=O)N1CCC(C)(C(=O)O)C1. The molecule has 3 unspecified atom stereocenters. The molecule has 2 N–H and O–H groups in total. The van der Waals surface area contributed by atoms with Gasteiger partial charge >= 0.3 is 12.0 Å². The van der Waals surface area contributed by atoms with E-state index in [2.05, 4.69) is 29.3 Å². The first kappa shape index (κ1) is 17.7. The zero-order chi connectivity index (χ0) is 18.0. The Balaban J connectivity index is 1.53. The predicted molar refractivity (Wildman–Crippen MR) is 95.1 cm³/mol. The van der Waals surface area contributed by atoms with Gasteiger partial charge in [0.05, 0.1) is 5.41 Å². The van der Waals surface area contributed by atoms with E-state index in [9.17, 15) is 14.7 Å². The van der Waals surface area contributed by atoms with Gasteiger partial charge in [-0.3, -0.25) is 9.69 Å². The molecule has 0 radical (unpaired) electrons. The minimum absolute atomic E-state index is 0.105. The Morgan fingerprint density at radius 2 is 2.00 bits per heavy atom. The summed E-state index contributed by atoms with van der Waals surface area (Å²) in [6.07, 6.45) is 0.510. The van der Waals surface area contributed by atoms with Crippen LogP contribution in [0.2, 0.25) is 0 Å². The van der Waals surface area contributed by atoms with Gasteiger partial charge in [-0.05, 0) is 24.8 Å². The maximum absolute atomic E-state index is 12.5. The van der Waals surface area contributed by atoms with Gasteiger partial charge in [0.25, 0.3) is 0 Å². The Morgan fingerprint density at radius 1 is 1.28 bits per heavy atom. The zero-order valence-electron chi connectivity index (χ0n) is 14.9. The molecule has 2 fully saturated rings. The average molecular weight is 345 g/mol. The summed E-state index contributed by atoms with van der Waals surface area (Å²) in [5, 5.41) is 12.4. The van der Waals surface area contributed by atoms with Crippen LogP contribution in [0, 0.1) is 11.3 Å². The van der Waals surface area contributed by atoms with Crippen molar-refractivity contribution >= 4 is 12.0 Å². The summed E-state index contributed by atoms with van der Waals surface area (Å²) in [5.41, 5.74) is 0.455. The van der Waals surface area contributed by atoms with E-state index < -0.39 is 11.4 Å². The summed E-state index contributed by atoms with van der Waals surface area (Å²) in [6.45, 7) is 7.31. The van der Waals surface area contributed by atoms with Crippen molar-refractivity contribution in [3.05, 3.63) is 35.9 Å². The van der Waals surface area contributed by atoms with Gasteiger partial charge in [-0.1, -0.05) is 37.3 Å². The van der Waals surface area contributed by atoms with Gasteiger partial charge in [-0.2, -0.15) is 0 Å². The number of carbonyl (C=O) groups is 2. The van der Waals surface area contributed by atoms with E-state index in [4.69, 9.17) is 0 Å². The van der Waals surface area contributed by atoms with Crippen LogP contribution >= 0.6 is 0 Å². The van der Waals surface area contributed by atoms with Crippen molar-refractivity contribution in [1.82, 2.24) is 15.1 Å². The fourth-order valence-electron chi connectivity index (χ4n) is 3.78. The molecule has 2 aliphatic heterocycles. The maximum atomic E-state index is 12.5. The van der Waals surface area contributed by atoms with Crippen molar-refractivity contribution in [3.8, 4) is 0 Å². The third kappa shape index (κ3) is 3.95. The Morgan fingerprint density at radius 3 is 2.64 bits per heavy atom. The van der Waals surface area contributed by atoms with Crippen LogP contribution in [0.4, 0.5) is 4.79 Å². The molecule has 6 nitrogen and oxygen atoms in total. The number of hydrogen-bond acceptors (Lipinski definition) is 3. The van der Waals surface area contributed by atoms with Crippen molar-refractivity contribution in [2.24, 2.45) is 11.3 Å². The Bertz CT molecular complexity index is 636. The summed E-state index contributed by atoms with van der Waals surface area (Å²) in [7, 11) is 0. The summed E-state index contributed by atoms with van der Waals surface area (Å²) in [5.74, 6) is -0.452. The van der Waals surface area contributed by atoms with E-state index in [1.807, 2.05) is 18.2 Å². The van der Waals surface area contributed by atoms with Crippen molar-refractivity contribution in [2.75, 3.05) is 26.2 Å². The normalized spacial score (nSPS) is 29.8. The van der Waals surface area contributed by atoms with Gasteiger partial charge in [0.2, 0.25) is 0 Å². The number of likely N-dealkylation sites (tertiary alicyclic amines) is 2. The second kappa shape index (κ2) is 7.04.